The van der Waals surface area contributed by atoms with Crippen molar-refractivity contribution < 1.29 is 32.7 Å². The third-order valence-electron chi connectivity index (χ3n) is 8.62. The number of anilines is 1. The molecular formula is C27H37F3N4O4. The first-order valence-corrected chi connectivity index (χ1v) is 13.3. The fourth-order valence-corrected chi connectivity index (χ4v) is 6.54. The third-order valence-corrected chi connectivity index (χ3v) is 8.62. The molecule has 210 valence electrons. The average Bonchev–Trinajstić information content (AvgIpc) is 3.59. The van der Waals surface area contributed by atoms with Crippen molar-refractivity contribution in [2.24, 2.45) is 17.8 Å². The second kappa shape index (κ2) is 11.1. The van der Waals surface area contributed by atoms with Gasteiger partial charge in [-0.1, -0.05) is 12.8 Å². The van der Waals surface area contributed by atoms with Crippen molar-refractivity contribution in [3.63, 3.8) is 0 Å². The number of aliphatic carboxylic acids is 1. The van der Waals surface area contributed by atoms with Gasteiger partial charge >= 0.3 is 12.1 Å². The van der Waals surface area contributed by atoms with E-state index in [1.807, 2.05) is 48.2 Å². The molecule has 0 unspecified atom stereocenters. The van der Waals surface area contributed by atoms with Gasteiger partial charge in [0.1, 0.15) is 0 Å². The number of carbonyl (C=O) groups excluding carboxylic acids is 2. The number of nitrogens with one attached hydrogen (secondary N) is 1. The van der Waals surface area contributed by atoms with Gasteiger partial charge in [0.15, 0.2) is 0 Å². The van der Waals surface area contributed by atoms with Crippen LogP contribution in [0.25, 0.3) is 0 Å². The Morgan fingerprint density at radius 3 is 2.18 bits per heavy atom. The molecule has 1 saturated carbocycles. The van der Waals surface area contributed by atoms with E-state index in [2.05, 4.69) is 10.2 Å². The van der Waals surface area contributed by atoms with Crippen LogP contribution in [-0.4, -0.2) is 91.2 Å². The number of halogens is 3. The maximum Gasteiger partial charge on any atom is 0.490 e. The number of alkyl halides is 3. The van der Waals surface area contributed by atoms with Crippen molar-refractivity contribution in [3.05, 3.63) is 29.8 Å². The molecule has 3 heterocycles. The number of rotatable bonds is 4. The predicted octanol–water partition coefficient (Wildman–Crippen LogP) is 3.23. The summed E-state index contributed by atoms with van der Waals surface area (Å²) < 4.78 is 31.7. The van der Waals surface area contributed by atoms with Gasteiger partial charge in [-0.25, -0.2) is 4.79 Å². The molecule has 2 N–H and O–H groups in total. The molecule has 3 saturated heterocycles. The van der Waals surface area contributed by atoms with Gasteiger partial charge in [-0.15, -0.1) is 0 Å². The highest BCUT2D eigenvalue weighted by Crippen LogP contribution is 2.44. The normalized spacial score (nSPS) is 25.1. The molecular weight excluding hydrogens is 501 g/mol. The van der Waals surface area contributed by atoms with Crippen LogP contribution >= 0.6 is 0 Å². The van der Waals surface area contributed by atoms with Crippen molar-refractivity contribution in [1.82, 2.24) is 15.1 Å². The highest BCUT2D eigenvalue weighted by atomic mass is 19.4. The Kier molecular flexibility index (Phi) is 8.25. The number of carbonyl (C=O) groups is 3. The van der Waals surface area contributed by atoms with Crippen LogP contribution in [0, 0.1) is 17.8 Å². The topological polar surface area (TPSA) is 93.2 Å². The minimum Gasteiger partial charge on any atom is -0.475 e. The van der Waals surface area contributed by atoms with E-state index in [1.54, 1.807) is 0 Å². The lowest BCUT2D eigenvalue weighted by Gasteiger charge is -2.43. The molecule has 38 heavy (non-hydrogen) atoms. The maximum absolute atomic E-state index is 13.0. The molecule has 4 aliphatic rings. The second-order valence-electron chi connectivity index (χ2n) is 11.3. The van der Waals surface area contributed by atoms with Crippen molar-refractivity contribution in [1.29, 1.82) is 0 Å². The standard InChI is InChI=1S/C25H36N4O2.C2HF3O2/c1-27(2)20-9-7-19(8-10-20)24(31)29-13-11-25(12-14-29)22-17-28(15-18-5-3-4-6-18)16-21(22)23(30)26-25;3-2(4,5)1(6)7/h7-10,18,21-22H,3-6,11-17H2,1-2H3,(H,26,30);(H,6,7)/t21-,22+;/m1./s1. The first-order valence-electron chi connectivity index (χ1n) is 13.3. The Morgan fingerprint density at radius 2 is 1.66 bits per heavy atom. The number of piperidine rings is 1. The van der Waals surface area contributed by atoms with Gasteiger partial charge in [0, 0.05) is 69.5 Å². The summed E-state index contributed by atoms with van der Waals surface area (Å²) >= 11 is 0. The summed E-state index contributed by atoms with van der Waals surface area (Å²) in [5.41, 5.74) is 1.73. The summed E-state index contributed by atoms with van der Waals surface area (Å²) in [4.78, 5) is 41.3. The molecule has 2 atom stereocenters. The van der Waals surface area contributed by atoms with Crippen LogP contribution in [-0.2, 0) is 9.59 Å². The minimum atomic E-state index is -5.08. The number of carboxylic acids is 1. The van der Waals surface area contributed by atoms with Crippen LogP contribution in [0.5, 0.6) is 0 Å². The largest absolute Gasteiger partial charge is 0.490 e. The first kappa shape index (κ1) is 28.2. The number of amides is 2. The molecule has 0 bridgehead atoms. The van der Waals surface area contributed by atoms with Crippen molar-refractivity contribution in [2.45, 2.75) is 50.2 Å². The molecule has 0 aromatic heterocycles. The number of nitrogens with zero attached hydrogens (tertiary/aromatic N) is 3. The zero-order valence-electron chi connectivity index (χ0n) is 22.0. The van der Waals surface area contributed by atoms with Gasteiger partial charge in [0.25, 0.3) is 5.91 Å². The Morgan fingerprint density at radius 1 is 1.08 bits per heavy atom. The highest BCUT2D eigenvalue weighted by molar-refractivity contribution is 5.94. The lowest BCUT2D eigenvalue weighted by Crippen LogP contribution is -2.56. The Bertz CT molecular complexity index is 1020. The second-order valence-corrected chi connectivity index (χ2v) is 11.3. The molecule has 3 aliphatic heterocycles. The SMILES string of the molecule is CN(C)c1ccc(C(=O)N2CCC3(CC2)NC(=O)[C@@H]2CN(CC4CCCC4)C[C@@H]23)cc1.O=C(O)C(F)(F)F. The van der Waals surface area contributed by atoms with Gasteiger partial charge in [-0.2, -0.15) is 13.2 Å². The van der Waals surface area contributed by atoms with Crippen molar-refractivity contribution in [2.75, 3.05) is 51.7 Å². The summed E-state index contributed by atoms with van der Waals surface area (Å²) in [6.45, 7) is 4.58. The van der Waals surface area contributed by atoms with Crippen LogP contribution in [0.4, 0.5) is 18.9 Å². The van der Waals surface area contributed by atoms with Crippen molar-refractivity contribution in [3.8, 4) is 0 Å². The number of hydrogen-bond donors (Lipinski definition) is 2. The molecule has 1 aliphatic carbocycles. The number of benzene rings is 1. The van der Waals surface area contributed by atoms with Crippen LogP contribution in [0.3, 0.4) is 0 Å². The Balaban J connectivity index is 0.000000426. The Hall–Kier alpha value is -2.82. The summed E-state index contributed by atoms with van der Waals surface area (Å²) in [7, 11) is 4.00. The van der Waals surface area contributed by atoms with Crippen molar-refractivity contribution >= 4 is 23.5 Å². The lowest BCUT2D eigenvalue weighted by atomic mass is 9.75. The van der Waals surface area contributed by atoms with Gasteiger partial charge in [0.05, 0.1) is 5.92 Å². The smallest absolute Gasteiger partial charge is 0.475 e. The minimum absolute atomic E-state index is 0.107. The molecule has 1 aromatic carbocycles. The molecule has 0 radical (unpaired) electrons. The van der Waals surface area contributed by atoms with E-state index in [1.165, 1.54) is 32.2 Å². The van der Waals surface area contributed by atoms with Gasteiger partial charge in [0.2, 0.25) is 5.91 Å². The van der Waals surface area contributed by atoms with Gasteiger partial charge in [-0.05, 0) is 55.9 Å². The highest BCUT2D eigenvalue weighted by Gasteiger charge is 2.57. The molecule has 11 heteroatoms. The molecule has 4 fully saturated rings. The fraction of sp³-hybridized carbons (Fsp3) is 0.667. The van der Waals surface area contributed by atoms with E-state index in [0.29, 0.717) is 5.92 Å². The zero-order valence-corrected chi connectivity index (χ0v) is 22.0. The van der Waals surface area contributed by atoms with Crippen LogP contribution < -0.4 is 10.2 Å². The van der Waals surface area contributed by atoms with E-state index < -0.39 is 12.1 Å². The summed E-state index contributed by atoms with van der Waals surface area (Å²) in [6, 6.07) is 7.84. The summed E-state index contributed by atoms with van der Waals surface area (Å²) in [6.07, 6.45) is 2.12. The summed E-state index contributed by atoms with van der Waals surface area (Å²) in [5.74, 6) is -1.03. The van der Waals surface area contributed by atoms with Gasteiger partial charge < -0.3 is 25.1 Å². The quantitative estimate of drug-likeness (QED) is 0.612. The van der Waals surface area contributed by atoms with Crippen LogP contribution in [0.2, 0.25) is 0 Å². The molecule has 5 rings (SSSR count). The lowest BCUT2D eigenvalue weighted by molar-refractivity contribution is -0.192. The molecule has 8 nitrogen and oxygen atoms in total. The summed E-state index contributed by atoms with van der Waals surface area (Å²) in [5, 5.41) is 10.5. The zero-order chi connectivity index (χ0) is 27.7. The van der Waals surface area contributed by atoms with Crippen LogP contribution in [0.15, 0.2) is 24.3 Å². The van der Waals surface area contributed by atoms with E-state index >= 15 is 0 Å². The maximum atomic E-state index is 13.0. The predicted molar refractivity (Wildman–Crippen MR) is 136 cm³/mol. The number of carboxylic acid groups (broad SMARTS) is 1. The number of fused-ring (bicyclic) bond motifs is 2. The fourth-order valence-electron chi connectivity index (χ4n) is 6.54. The monoisotopic (exact) mass is 538 g/mol. The van der Waals surface area contributed by atoms with E-state index in [0.717, 1.165) is 56.2 Å². The average molecular weight is 539 g/mol. The molecule has 2 amide bonds. The molecule has 1 aromatic rings. The number of hydrogen-bond acceptors (Lipinski definition) is 5. The molecule has 1 spiro atoms. The van der Waals surface area contributed by atoms with E-state index in [-0.39, 0.29) is 23.3 Å². The number of likely N-dealkylation sites (tertiary alicyclic amines) is 2. The van der Waals surface area contributed by atoms with Gasteiger partial charge in [-0.3, -0.25) is 9.59 Å². The van der Waals surface area contributed by atoms with Crippen LogP contribution in [0.1, 0.15) is 48.9 Å². The van der Waals surface area contributed by atoms with E-state index in [9.17, 15) is 22.8 Å². The van der Waals surface area contributed by atoms with E-state index in [4.69, 9.17) is 9.90 Å². The first-order chi connectivity index (χ1) is 17.9. The Labute approximate surface area is 221 Å². The third kappa shape index (κ3) is 6.08.